The first-order chi connectivity index (χ1) is 11.7. The van der Waals surface area contributed by atoms with Crippen molar-refractivity contribution in [3.8, 4) is 11.5 Å². The third-order valence-corrected chi connectivity index (χ3v) is 4.19. The predicted octanol–water partition coefficient (Wildman–Crippen LogP) is 2.93. The maximum Gasteiger partial charge on any atom is 0.226 e. The first kappa shape index (κ1) is 19.7. The van der Waals surface area contributed by atoms with E-state index < -0.39 is 5.60 Å². The van der Waals surface area contributed by atoms with Crippen LogP contribution in [0.15, 0.2) is 46.0 Å². The topological polar surface area (TPSA) is 82.7 Å². The van der Waals surface area contributed by atoms with Crippen LogP contribution >= 0.6 is 24.0 Å². The molecule has 3 N–H and O–H groups in total. The fourth-order valence-corrected chi connectivity index (χ4v) is 2.60. The van der Waals surface area contributed by atoms with Crippen LogP contribution in [0.25, 0.3) is 11.5 Å². The Morgan fingerprint density at radius 2 is 2.04 bits per heavy atom. The molecule has 0 atom stereocenters. The summed E-state index contributed by atoms with van der Waals surface area (Å²) in [7, 11) is 0. The molecular formula is C18H25IN4O2. The van der Waals surface area contributed by atoms with Gasteiger partial charge in [0.05, 0.1) is 12.1 Å². The summed E-state index contributed by atoms with van der Waals surface area (Å²) in [6.45, 7) is 3.72. The highest BCUT2D eigenvalue weighted by Gasteiger charge is 2.34. The van der Waals surface area contributed by atoms with Crippen molar-refractivity contribution in [3.63, 3.8) is 0 Å². The molecule has 0 saturated heterocycles. The number of nitrogens with one attached hydrogen (secondary N) is 2. The zero-order valence-corrected chi connectivity index (χ0v) is 16.7. The van der Waals surface area contributed by atoms with Crippen molar-refractivity contribution in [1.82, 2.24) is 15.6 Å². The molecule has 25 heavy (non-hydrogen) atoms. The summed E-state index contributed by atoms with van der Waals surface area (Å²) in [5.74, 6) is 1.28. The number of hydrogen-bond acceptors (Lipinski definition) is 4. The highest BCUT2D eigenvalue weighted by molar-refractivity contribution is 14.0. The van der Waals surface area contributed by atoms with Crippen LogP contribution in [0.3, 0.4) is 0 Å². The van der Waals surface area contributed by atoms with Crippen LogP contribution in [0.2, 0.25) is 0 Å². The van der Waals surface area contributed by atoms with Gasteiger partial charge in [-0.15, -0.1) is 24.0 Å². The SMILES string of the molecule is CCNC(=NCc1coc(-c2ccccc2)n1)NCC1(O)CCC1.I. The second-order valence-corrected chi connectivity index (χ2v) is 6.14. The average molecular weight is 456 g/mol. The van der Waals surface area contributed by atoms with Crippen LogP contribution in [0, 0.1) is 0 Å². The van der Waals surface area contributed by atoms with Gasteiger partial charge in [-0.3, -0.25) is 0 Å². The van der Waals surface area contributed by atoms with Crippen molar-refractivity contribution in [3.05, 3.63) is 42.3 Å². The lowest BCUT2D eigenvalue weighted by Gasteiger charge is -2.36. The minimum Gasteiger partial charge on any atom is -0.444 e. The summed E-state index contributed by atoms with van der Waals surface area (Å²) in [6.07, 6.45) is 4.42. The second-order valence-electron chi connectivity index (χ2n) is 6.14. The van der Waals surface area contributed by atoms with E-state index in [1.54, 1.807) is 6.26 Å². The van der Waals surface area contributed by atoms with Gasteiger partial charge in [0.1, 0.15) is 12.0 Å². The van der Waals surface area contributed by atoms with Gasteiger partial charge in [-0.05, 0) is 38.3 Å². The summed E-state index contributed by atoms with van der Waals surface area (Å²) in [4.78, 5) is 8.98. The van der Waals surface area contributed by atoms with E-state index in [0.717, 1.165) is 37.1 Å². The van der Waals surface area contributed by atoms with Crippen molar-refractivity contribution in [2.75, 3.05) is 13.1 Å². The normalized spacial score (nSPS) is 15.8. The summed E-state index contributed by atoms with van der Waals surface area (Å²) < 4.78 is 5.52. The van der Waals surface area contributed by atoms with Crippen molar-refractivity contribution < 1.29 is 9.52 Å². The Morgan fingerprint density at radius 1 is 1.28 bits per heavy atom. The Balaban J connectivity index is 0.00000225. The zero-order chi connectivity index (χ0) is 16.8. The molecule has 0 unspecified atom stereocenters. The van der Waals surface area contributed by atoms with Crippen molar-refractivity contribution in [2.24, 2.45) is 4.99 Å². The number of benzene rings is 1. The van der Waals surface area contributed by atoms with Gasteiger partial charge >= 0.3 is 0 Å². The zero-order valence-electron chi connectivity index (χ0n) is 14.4. The van der Waals surface area contributed by atoms with Crippen LogP contribution in [0.4, 0.5) is 0 Å². The smallest absolute Gasteiger partial charge is 0.226 e. The van der Waals surface area contributed by atoms with Gasteiger partial charge in [-0.1, -0.05) is 18.2 Å². The average Bonchev–Trinajstić information content (AvgIpc) is 3.05. The molecule has 1 aliphatic rings. The molecule has 6 nitrogen and oxygen atoms in total. The Kier molecular flexibility index (Phi) is 7.24. The number of hydrogen-bond donors (Lipinski definition) is 3. The van der Waals surface area contributed by atoms with Crippen LogP contribution in [-0.2, 0) is 6.54 Å². The van der Waals surface area contributed by atoms with Crippen LogP contribution in [-0.4, -0.2) is 34.7 Å². The molecule has 1 aromatic carbocycles. The summed E-state index contributed by atoms with van der Waals surface area (Å²) in [5.41, 5.74) is 1.14. The molecule has 0 bridgehead atoms. The first-order valence-electron chi connectivity index (χ1n) is 8.43. The van der Waals surface area contributed by atoms with Gasteiger partial charge in [-0.2, -0.15) is 0 Å². The number of aromatic nitrogens is 1. The molecular weight excluding hydrogens is 431 g/mol. The molecule has 0 spiro atoms. The van der Waals surface area contributed by atoms with Crippen LogP contribution < -0.4 is 10.6 Å². The number of guanidine groups is 1. The largest absolute Gasteiger partial charge is 0.444 e. The molecule has 1 fully saturated rings. The summed E-state index contributed by atoms with van der Waals surface area (Å²) >= 11 is 0. The molecule has 1 aliphatic carbocycles. The predicted molar refractivity (Wildman–Crippen MR) is 109 cm³/mol. The molecule has 136 valence electrons. The van der Waals surface area contributed by atoms with Gasteiger partial charge in [0.2, 0.25) is 5.89 Å². The van der Waals surface area contributed by atoms with Gasteiger partial charge < -0.3 is 20.2 Å². The molecule has 7 heteroatoms. The molecule has 1 saturated carbocycles. The second kappa shape index (κ2) is 9.19. The molecule has 0 radical (unpaired) electrons. The monoisotopic (exact) mass is 456 g/mol. The van der Waals surface area contributed by atoms with E-state index in [1.807, 2.05) is 37.3 Å². The minimum atomic E-state index is -0.579. The number of oxazole rings is 1. The molecule has 1 heterocycles. The van der Waals surface area contributed by atoms with E-state index in [0.29, 0.717) is 24.9 Å². The number of aliphatic imine (C=N–C) groups is 1. The highest BCUT2D eigenvalue weighted by atomic mass is 127. The minimum absolute atomic E-state index is 0. The highest BCUT2D eigenvalue weighted by Crippen LogP contribution is 2.30. The van der Waals surface area contributed by atoms with Crippen molar-refractivity contribution in [1.29, 1.82) is 0 Å². The lowest BCUT2D eigenvalue weighted by atomic mass is 9.80. The Bertz CT molecular complexity index is 683. The quantitative estimate of drug-likeness (QED) is 0.354. The maximum atomic E-state index is 10.2. The van der Waals surface area contributed by atoms with E-state index in [1.165, 1.54) is 0 Å². The maximum absolute atomic E-state index is 10.2. The Morgan fingerprint density at radius 3 is 2.68 bits per heavy atom. The fraction of sp³-hybridized carbons (Fsp3) is 0.444. The van der Waals surface area contributed by atoms with E-state index in [-0.39, 0.29) is 24.0 Å². The van der Waals surface area contributed by atoms with Gasteiger partial charge in [0.15, 0.2) is 5.96 Å². The van der Waals surface area contributed by atoms with E-state index >= 15 is 0 Å². The lowest BCUT2D eigenvalue weighted by molar-refractivity contribution is -0.0279. The number of rotatable bonds is 6. The molecule has 0 aliphatic heterocycles. The van der Waals surface area contributed by atoms with Crippen molar-refractivity contribution >= 4 is 29.9 Å². The van der Waals surface area contributed by atoms with Gasteiger partial charge in [-0.25, -0.2) is 9.98 Å². The Hall–Kier alpha value is -1.61. The lowest BCUT2D eigenvalue weighted by Crippen LogP contribution is -2.50. The van der Waals surface area contributed by atoms with Crippen LogP contribution in [0.5, 0.6) is 0 Å². The summed E-state index contributed by atoms with van der Waals surface area (Å²) in [6, 6.07) is 9.79. The van der Waals surface area contributed by atoms with Crippen LogP contribution in [0.1, 0.15) is 31.9 Å². The van der Waals surface area contributed by atoms with E-state index in [4.69, 9.17) is 4.42 Å². The summed E-state index contributed by atoms with van der Waals surface area (Å²) in [5, 5.41) is 16.6. The number of halogens is 1. The van der Waals surface area contributed by atoms with Gasteiger partial charge in [0, 0.05) is 18.7 Å². The molecule has 3 rings (SSSR count). The fourth-order valence-electron chi connectivity index (χ4n) is 2.60. The Labute approximate surface area is 165 Å². The standard InChI is InChI=1S/C18H24N4O2.HI/c1-2-19-17(21-13-18(23)9-6-10-18)20-11-15-12-24-16(22-15)14-7-4-3-5-8-14;/h3-5,7-8,12,23H,2,6,9-11,13H2,1H3,(H2,19,20,21);1H. The molecule has 1 aromatic heterocycles. The third-order valence-electron chi connectivity index (χ3n) is 4.19. The number of aliphatic hydroxyl groups is 1. The van der Waals surface area contributed by atoms with Crippen molar-refractivity contribution in [2.45, 2.75) is 38.3 Å². The molecule has 0 amide bonds. The van der Waals surface area contributed by atoms with Gasteiger partial charge in [0.25, 0.3) is 0 Å². The van der Waals surface area contributed by atoms with E-state index in [9.17, 15) is 5.11 Å². The van der Waals surface area contributed by atoms with E-state index in [2.05, 4.69) is 20.6 Å². The third kappa shape index (κ3) is 5.43. The number of nitrogens with zero attached hydrogens (tertiary/aromatic N) is 2. The molecule has 2 aromatic rings. The first-order valence-corrected chi connectivity index (χ1v) is 8.43.